The fourth-order valence-electron chi connectivity index (χ4n) is 3.94. The second kappa shape index (κ2) is 20.4. The molecule has 0 saturated carbocycles. The summed E-state index contributed by atoms with van der Waals surface area (Å²) in [5.74, 6) is -1.39. The van der Waals surface area contributed by atoms with Gasteiger partial charge in [-0.1, -0.05) is 85.8 Å². The van der Waals surface area contributed by atoms with Gasteiger partial charge in [0.15, 0.2) is 2.74 Å². The zero-order chi connectivity index (χ0) is 26.8. The van der Waals surface area contributed by atoms with Crippen LogP contribution in [0.5, 0.6) is 0 Å². The average molecular weight is 631 g/mol. The number of aliphatic carboxylic acids is 2. The minimum Gasteiger partial charge on any atom is -0.481 e. The van der Waals surface area contributed by atoms with Crippen molar-refractivity contribution < 1.29 is 24.6 Å². The normalized spacial score (nSPS) is 17.5. The lowest BCUT2D eigenvalue weighted by Crippen LogP contribution is -2.40. The Balaban J connectivity index is 1.33. The first-order chi connectivity index (χ1) is 17.9. The molecule has 2 aliphatic rings. The molecule has 37 heavy (non-hydrogen) atoms. The predicted molar refractivity (Wildman–Crippen MR) is 166 cm³/mol. The summed E-state index contributed by atoms with van der Waals surface area (Å²) in [6.07, 6.45) is 16.7. The summed E-state index contributed by atoms with van der Waals surface area (Å²) in [6, 6.07) is -0.550. The zero-order valence-corrected chi connectivity index (χ0v) is 26.4. The molecule has 0 aliphatic carbocycles. The van der Waals surface area contributed by atoms with E-state index in [1.165, 1.54) is 44.9 Å². The van der Waals surface area contributed by atoms with Gasteiger partial charge in [0.05, 0.1) is 0 Å². The molecule has 0 aromatic carbocycles. The number of hydrogen-bond donors (Lipinski definition) is 4. The monoisotopic (exact) mass is 630 g/mol. The van der Waals surface area contributed by atoms with Gasteiger partial charge in [-0.2, -0.15) is 0 Å². The van der Waals surface area contributed by atoms with Gasteiger partial charge in [0.25, 0.3) is 0 Å². The van der Waals surface area contributed by atoms with Crippen molar-refractivity contribution in [2.24, 2.45) is 0 Å². The summed E-state index contributed by atoms with van der Waals surface area (Å²) < 4.78 is 0.301. The van der Waals surface area contributed by atoms with E-state index < -0.39 is 18.0 Å². The van der Waals surface area contributed by atoms with Crippen LogP contribution in [0.15, 0.2) is 0 Å². The first-order valence-electron chi connectivity index (χ1n) is 13.4. The van der Waals surface area contributed by atoms with Gasteiger partial charge in [-0.3, -0.25) is 19.7 Å². The van der Waals surface area contributed by atoms with E-state index in [9.17, 15) is 19.5 Å². The Hall–Kier alpha value is 0.470. The molecule has 0 radical (unpaired) electrons. The van der Waals surface area contributed by atoms with E-state index in [1.54, 1.807) is 21.6 Å². The van der Waals surface area contributed by atoms with Crippen LogP contribution in [0.2, 0.25) is 0 Å². The van der Waals surface area contributed by atoms with Crippen molar-refractivity contribution in [1.29, 1.82) is 0 Å². The van der Waals surface area contributed by atoms with E-state index in [0.717, 1.165) is 44.9 Å². The van der Waals surface area contributed by atoms with Crippen LogP contribution < -0.4 is 10.6 Å². The van der Waals surface area contributed by atoms with Gasteiger partial charge in [-0.15, -0.1) is 0 Å². The van der Waals surface area contributed by atoms with Crippen LogP contribution in [-0.2, 0) is 14.4 Å². The second-order valence-electron chi connectivity index (χ2n) is 9.40. The molecular weight excluding hydrogens is 589 g/mol. The average Bonchev–Trinajstić information content (AvgIpc) is 3.63. The fraction of sp³-hybridized carbons (Fsp3) is 0.875. The van der Waals surface area contributed by atoms with Crippen molar-refractivity contribution in [2.75, 3.05) is 6.54 Å². The maximum absolute atomic E-state index is 12.0. The Morgan fingerprint density at radius 3 is 1.68 bits per heavy atom. The molecule has 0 aromatic rings. The molecule has 2 rings (SSSR count). The van der Waals surface area contributed by atoms with Crippen molar-refractivity contribution in [3.8, 4) is 0 Å². The van der Waals surface area contributed by atoms with Crippen LogP contribution in [0.1, 0.15) is 109 Å². The lowest BCUT2D eigenvalue weighted by atomic mass is 10.0. The number of unbranched alkanes of at least 4 members (excludes halogenated alkanes) is 12. The minimum absolute atomic E-state index is 0.0799. The lowest BCUT2D eigenvalue weighted by molar-refractivity contribution is -0.140. The van der Waals surface area contributed by atoms with E-state index >= 15 is 0 Å². The molecule has 2 saturated heterocycles. The van der Waals surface area contributed by atoms with Gasteiger partial charge in [-0.05, 0) is 75.3 Å². The second-order valence-corrected chi connectivity index (χ2v) is 18.8. The topological polar surface area (TPSA) is 116 Å². The van der Waals surface area contributed by atoms with Gasteiger partial charge < -0.3 is 15.5 Å². The Kier molecular flexibility index (Phi) is 18.5. The smallest absolute Gasteiger partial charge is 0.320 e. The Bertz CT molecular complexity index is 676. The lowest BCUT2D eigenvalue weighted by Gasteiger charge is -2.27. The highest BCUT2D eigenvalue weighted by atomic mass is 33.2. The third-order valence-electron chi connectivity index (χ3n) is 6.12. The Morgan fingerprint density at radius 2 is 1.19 bits per heavy atom. The molecule has 7 nitrogen and oxygen atoms in total. The number of amides is 1. The molecule has 2 heterocycles. The zero-order valence-electron chi connectivity index (χ0n) is 21.5. The highest BCUT2D eigenvalue weighted by Gasteiger charge is 2.52. The molecule has 0 aromatic heterocycles. The molecule has 2 fully saturated rings. The Labute approximate surface area is 245 Å². The van der Waals surface area contributed by atoms with Crippen LogP contribution in [0.3, 0.4) is 0 Å². The first kappa shape index (κ1) is 33.7. The number of carboxylic acid groups (broad SMARTS) is 2. The number of rotatable bonds is 23. The summed E-state index contributed by atoms with van der Waals surface area (Å²) >= 11 is 0. The minimum atomic E-state index is -0.805. The van der Waals surface area contributed by atoms with E-state index in [0.29, 0.717) is 25.8 Å². The van der Waals surface area contributed by atoms with Crippen LogP contribution in [0.25, 0.3) is 0 Å². The fourth-order valence-corrected chi connectivity index (χ4v) is 16.9. The van der Waals surface area contributed by atoms with E-state index in [2.05, 4.69) is 10.6 Å². The maximum atomic E-state index is 12.0. The molecular formula is C24H42N2O5S6. The Morgan fingerprint density at radius 1 is 0.676 bits per heavy atom. The quantitative estimate of drug-likeness (QED) is 0.0499. The molecule has 1 atom stereocenters. The summed E-state index contributed by atoms with van der Waals surface area (Å²) in [4.78, 5) is 34.1. The number of carboxylic acids is 2. The van der Waals surface area contributed by atoms with Gasteiger partial charge in [-0.25, -0.2) is 0 Å². The van der Waals surface area contributed by atoms with Crippen LogP contribution >= 0.6 is 64.8 Å². The van der Waals surface area contributed by atoms with Gasteiger partial charge in [0.1, 0.15) is 10.7 Å². The summed E-state index contributed by atoms with van der Waals surface area (Å²) in [5.41, 5.74) is 0. The largest absolute Gasteiger partial charge is 0.481 e. The van der Waals surface area contributed by atoms with Crippen LogP contribution in [-0.4, -0.2) is 48.1 Å². The number of carbonyl (C=O) groups excluding carboxylic acids is 1. The van der Waals surface area contributed by atoms with Gasteiger partial charge in [0, 0.05) is 19.4 Å². The predicted octanol–water partition coefficient (Wildman–Crippen LogP) is 7.93. The van der Waals surface area contributed by atoms with Crippen molar-refractivity contribution in [3.05, 3.63) is 0 Å². The number of nitrogens with one attached hydrogen (secondary N) is 2. The molecule has 1 amide bonds. The van der Waals surface area contributed by atoms with E-state index in [4.69, 9.17) is 5.11 Å². The highest BCUT2D eigenvalue weighted by molar-refractivity contribution is 9.14. The summed E-state index contributed by atoms with van der Waals surface area (Å²) in [5, 5.41) is 24.4. The van der Waals surface area contributed by atoms with Crippen molar-refractivity contribution in [2.45, 2.75) is 123 Å². The third kappa shape index (κ3) is 17.0. The molecule has 214 valence electrons. The van der Waals surface area contributed by atoms with E-state index in [1.807, 2.05) is 43.2 Å². The molecule has 1 spiro atoms. The van der Waals surface area contributed by atoms with E-state index in [-0.39, 0.29) is 13.4 Å². The maximum Gasteiger partial charge on any atom is 0.320 e. The number of carbonyl (C=O) groups is 3. The first-order valence-corrected chi connectivity index (χ1v) is 20.0. The third-order valence-corrected chi connectivity index (χ3v) is 19.5. The van der Waals surface area contributed by atoms with Crippen molar-refractivity contribution >= 4 is 82.6 Å². The molecule has 0 bridgehead atoms. The van der Waals surface area contributed by atoms with Crippen molar-refractivity contribution in [3.63, 3.8) is 0 Å². The molecule has 2 aliphatic heterocycles. The molecule has 4 N–H and O–H groups in total. The molecule has 13 heteroatoms. The SMILES string of the molecule is O=C(O)CCCCCCCCCCCCCCC(=O)NCCCC[C@H](NC1SSC2(SS1)SS2)C(=O)O. The number of hydrogen-bond acceptors (Lipinski definition) is 10. The summed E-state index contributed by atoms with van der Waals surface area (Å²) in [6.45, 7) is 0.611. The van der Waals surface area contributed by atoms with Gasteiger partial charge in [0.2, 0.25) is 5.91 Å². The van der Waals surface area contributed by atoms with Crippen LogP contribution in [0.4, 0.5) is 0 Å². The van der Waals surface area contributed by atoms with Gasteiger partial charge >= 0.3 is 11.9 Å². The highest BCUT2D eigenvalue weighted by Crippen LogP contribution is 2.83. The standard InChI is InChI=1S/C24H42N2O5S6/c27-20(16-11-9-7-5-3-1-2-4-6-8-10-12-17-21(28)29)25-18-14-13-15-19(22(30)31)26-23-32-34-24(35-33-23)36-37-24/h19,23,26H,1-18H2,(H,25,27)(H,28,29)(H,30,31)/t19-/m0/s1. The summed E-state index contributed by atoms with van der Waals surface area (Å²) in [7, 11) is 10.8. The molecule has 0 unspecified atom stereocenters. The van der Waals surface area contributed by atoms with Crippen LogP contribution in [0, 0.1) is 0 Å². The van der Waals surface area contributed by atoms with Crippen molar-refractivity contribution in [1.82, 2.24) is 10.6 Å².